The van der Waals surface area contributed by atoms with Crippen molar-refractivity contribution in [1.82, 2.24) is 0 Å². The van der Waals surface area contributed by atoms with Gasteiger partial charge in [0, 0.05) is 0 Å². The summed E-state index contributed by atoms with van der Waals surface area (Å²) in [7, 11) is 0. The normalized spacial score (nSPS) is 11.2. The second kappa shape index (κ2) is 5.65. The van der Waals surface area contributed by atoms with Gasteiger partial charge in [0.05, 0.1) is 21.8 Å². The number of phenolic OH excluding ortho intramolecular Hbond substituents is 1. The molecule has 2 aromatic carbocycles. The van der Waals surface area contributed by atoms with Crippen molar-refractivity contribution in [3.8, 4) is 5.75 Å². The van der Waals surface area contributed by atoms with E-state index in [1.54, 1.807) is 6.07 Å². The maximum absolute atomic E-state index is 12.5. The van der Waals surface area contributed by atoms with Gasteiger partial charge in [-0.15, -0.1) is 0 Å². The highest BCUT2D eigenvalue weighted by atomic mass is 35.5. The van der Waals surface area contributed by atoms with Gasteiger partial charge in [-0.05, 0) is 30.3 Å². The van der Waals surface area contributed by atoms with Crippen molar-refractivity contribution >= 4 is 23.2 Å². The van der Waals surface area contributed by atoms with Crippen LogP contribution in [0, 0.1) is 0 Å². The number of para-hydroxylation sites is 1. The minimum absolute atomic E-state index is 0.00605. The Morgan fingerprint density at radius 3 is 2.38 bits per heavy atom. The molecule has 3 nitrogen and oxygen atoms in total. The molecule has 2 rings (SSSR count). The van der Waals surface area contributed by atoms with E-state index in [0.29, 0.717) is 0 Å². The summed E-state index contributed by atoms with van der Waals surface area (Å²) >= 11 is 5.73. The van der Waals surface area contributed by atoms with E-state index in [2.05, 4.69) is 5.32 Å². The van der Waals surface area contributed by atoms with E-state index in [9.17, 15) is 23.1 Å². The van der Waals surface area contributed by atoms with Gasteiger partial charge in [0.2, 0.25) is 0 Å². The fourth-order valence-corrected chi connectivity index (χ4v) is 1.88. The van der Waals surface area contributed by atoms with Gasteiger partial charge < -0.3 is 10.4 Å². The van der Waals surface area contributed by atoms with Gasteiger partial charge in [0.1, 0.15) is 5.75 Å². The lowest BCUT2D eigenvalue weighted by Crippen LogP contribution is -2.13. The number of benzene rings is 2. The molecule has 21 heavy (non-hydrogen) atoms. The molecule has 0 fully saturated rings. The van der Waals surface area contributed by atoms with Gasteiger partial charge in [-0.3, -0.25) is 4.79 Å². The maximum Gasteiger partial charge on any atom is 0.416 e. The standard InChI is InChI=1S/C14H9ClF3NO2/c15-10-7-8(14(16,17)18)5-6-11(10)19-13(21)9-3-1-2-4-12(9)20/h1-7,20H,(H,19,21). The summed E-state index contributed by atoms with van der Waals surface area (Å²) in [4.78, 5) is 11.9. The minimum atomic E-state index is -4.51. The minimum Gasteiger partial charge on any atom is -0.507 e. The number of rotatable bonds is 2. The number of halogens is 4. The van der Waals surface area contributed by atoms with E-state index in [-0.39, 0.29) is 22.0 Å². The largest absolute Gasteiger partial charge is 0.507 e. The molecule has 0 bridgehead atoms. The summed E-state index contributed by atoms with van der Waals surface area (Å²) in [5.74, 6) is -0.909. The number of alkyl halides is 3. The number of hydrogen-bond acceptors (Lipinski definition) is 2. The predicted molar refractivity (Wildman–Crippen MR) is 72.5 cm³/mol. The van der Waals surface area contributed by atoms with E-state index in [1.165, 1.54) is 18.2 Å². The van der Waals surface area contributed by atoms with Crippen LogP contribution in [-0.2, 0) is 6.18 Å². The lowest BCUT2D eigenvalue weighted by molar-refractivity contribution is -0.137. The fraction of sp³-hybridized carbons (Fsp3) is 0.0714. The van der Waals surface area contributed by atoms with Crippen molar-refractivity contribution < 1.29 is 23.1 Å². The molecule has 0 saturated heterocycles. The SMILES string of the molecule is O=C(Nc1ccc(C(F)(F)F)cc1Cl)c1ccccc1O. The summed E-state index contributed by atoms with van der Waals surface area (Å²) in [5.41, 5.74) is -0.889. The molecule has 0 aliphatic carbocycles. The first kappa shape index (κ1) is 15.2. The highest BCUT2D eigenvalue weighted by molar-refractivity contribution is 6.34. The van der Waals surface area contributed by atoms with E-state index in [0.717, 1.165) is 18.2 Å². The lowest BCUT2D eigenvalue weighted by atomic mass is 10.1. The molecule has 7 heteroatoms. The van der Waals surface area contributed by atoms with Crippen molar-refractivity contribution in [3.63, 3.8) is 0 Å². The number of hydrogen-bond donors (Lipinski definition) is 2. The van der Waals surface area contributed by atoms with Crippen molar-refractivity contribution in [1.29, 1.82) is 0 Å². The molecule has 0 saturated carbocycles. The summed E-state index contributed by atoms with van der Waals surface area (Å²) < 4.78 is 37.5. The predicted octanol–water partition coefficient (Wildman–Crippen LogP) is 4.32. The molecule has 0 unspecified atom stereocenters. The molecular weight excluding hydrogens is 307 g/mol. The zero-order valence-electron chi connectivity index (χ0n) is 10.4. The van der Waals surface area contributed by atoms with Crippen molar-refractivity contribution in [2.75, 3.05) is 5.32 Å². The van der Waals surface area contributed by atoms with Gasteiger partial charge in [0.25, 0.3) is 5.91 Å². The highest BCUT2D eigenvalue weighted by Crippen LogP contribution is 2.34. The van der Waals surface area contributed by atoms with Gasteiger partial charge in [-0.25, -0.2) is 0 Å². The average Bonchev–Trinajstić information content (AvgIpc) is 2.40. The van der Waals surface area contributed by atoms with Crippen LogP contribution < -0.4 is 5.32 Å². The van der Waals surface area contributed by atoms with Crippen LogP contribution in [0.5, 0.6) is 5.75 Å². The van der Waals surface area contributed by atoms with Crippen LogP contribution in [0.3, 0.4) is 0 Å². The Balaban J connectivity index is 2.25. The summed E-state index contributed by atoms with van der Waals surface area (Å²) in [6, 6.07) is 8.38. The van der Waals surface area contributed by atoms with Crippen LogP contribution in [0.1, 0.15) is 15.9 Å². The fourth-order valence-electron chi connectivity index (χ4n) is 1.65. The summed E-state index contributed by atoms with van der Waals surface area (Å²) in [6.07, 6.45) is -4.51. The monoisotopic (exact) mass is 315 g/mol. The Bertz CT molecular complexity index is 686. The molecule has 0 aromatic heterocycles. The first-order chi connectivity index (χ1) is 9.79. The first-order valence-electron chi connectivity index (χ1n) is 5.75. The second-order valence-corrected chi connectivity index (χ2v) is 4.57. The van der Waals surface area contributed by atoms with Crippen molar-refractivity contribution in [2.45, 2.75) is 6.18 Å². The van der Waals surface area contributed by atoms with Crippen LogP contribution in [0.15, 0.2) is 42.5 Å². The zero-order chi connectivity index (χ0) is 15.6. The molecule has 2 aromatic rings. The number of carbonyl (C=O) groups is 1. The molecule has 110 valence electrons. The zero-order valence-corrected chi connectivity index (χ0v) is 11.2. The van der Waals surface area contributed by atoms with Crippen molar-refractivity contribution in [2.24, 2.45) is 0 Å². The van der Waals surface area contributed by atoms with Crippen molar-refractivity contribution in [3.05, 3.63) is 58.6 Å². The first-order valence-corrected chi connectivity index (χ1v) is 6.13. The third-order valence-corrected chi connectivity index (χ3v) is 3.01. The van der Waals surface area contributed by atoms with E-state index in [1.807, 2.05) is 0 Å². The molecule has 0 radical (unpaired) electrons. The number of nitrogens with one attached hydrogen (secondary N) is 1. The van der Waals surface area contributed by atoms with Crippen LogP contribution in [0.4, 0.5) is 18.9 Å². The lowest BCUT2D eigenvalue weighted by Gasteiger charge is -2.11. The summed E-state index contributed by atoms with van der Waals surface area (Å²) in [6.45, 7) is 0. The Morgan fingerprint density at radius 1 is 1.14 bits per heavy atom. The average molecular weight is 316 g/mol. The maximum atomic E-state index is 12.5. The Labute approximate surface area is 123 Å². The second-order valence-electron chi connectivity index (χ2n) is 4.16. The number of anilines is 1. The van der Waals surface area contributed by atoms with E-state index < -0.39 is 17.6 Å². The van der Waals surface area contributed by atoms with Gasteiger partial charge in [0.15, 0.2) is 0 Å². The molecule has 0 aliphatic heterocycles. The van der Waals surface area contributed by atoms with Crippen LogP contribution in [-0.4, -0.2) is 11.0 Å². The number of carbonyl (C=O) groups excluding carboxylic acids is 1. The smallest absolute Gasteiger partial charge is 0.416 e. The number of aromatic hydroxyl groups is 1. The third kappa shape index (κ3) is 3.46. The molecule has 0 heterocycles. The Kier molecular flexibility index (Phi) is 4.09. The quantitative estimate of drug-likeness (QED) is 0.867. The number of amides is 1. The topological polar surface area (TPSA) is 49.3 Å². The Hall–Kier alpha value is -2.21. The van der Waals surface area contributed by atoms with Gasteiger partial charge in [-0.2, -0.15) is 13.2 Å². The molecule has 1 amide bonds. The molecular formula is C14H9ClF3NO2. The van der Waals surface area contributed by atoms with Gasteiger partial charge >= 0.3 is 6.18 Å². The highest BCUT2D eigenvalue weighted by Gasteiger charge is 2.31. The van der Waals surface area contributed by atoms with Gasteiger partial charge in [-0.1, -0.05) is 23.7 Å². The van der Waals surface area contributed by atoms with Crippen LogP contribution in [0.2, 0.25) is 5.02 Å². The summed E-state index contributed by atoms with van der Waals surface area (Å²) in [5, 5.41) is 11.6. The molecule has 2 N–H and O–H groups in total. The third-order valence-electron chi connectivity index (χ3n) is 2.69. The molecule has 0 spiro atoms. The van der Waals surface area contributed by atoms with E-state index in [4.69, 9.17) is 11.6 Å². The van der Waals surface area contributed by atoms with Crippen LogP contribution in [0.25, 0.3) is 0 Å². The van der Waals surface area contributed by atoms with Crippen LogP contribution >= 0.6 is 11.6 Å². The molecule has 0 aliphatic rings. The number of phenols is 1. The Morgan fingerprint density at radius 2 is 1.81 bits per heavy atom. The molecule has 0 atom stereocenters. The van der Waals surface area contributed by atoms with E-state index >= 15 is 0 Å².